The zero-order valence-corrected chi connectivity index (χ0v) is 28.7. The van der Waals surface area contributed by atoms with E-state index in [0.29, 0.717) is 12.6 Å². The Morgan fingerprint density at radius 2 is 1.85 bits per heavy atom. The van der Waals surface area contributed by atoms with Crippen LogP contribution >= 0.6 is 6.75 Å². The summed E-state index contributed by atoms with van der Waals surface area (Å²) in [7, 11) is 1.57. The van der Waals surface area contributed by atoms with Crippen molar-refractivity contribution in [2.24, 2.45) is 11.3 Å². The van der Waals surface area contributed by atoms with Crippen LogP contribution in [0.25, 0.3) is 0 Å². The molecule has 1 spiro atoms. The molecule has 0 radical (unpaired) electrons. The van der Waals surface area contributed by atoms with Crippen LogP contribution < -0.4 is 16.0 Å². The first-order chi connectivity index (χ1) is 19.2. The Balaban J connectivity index is 0.000000501. The van der Waals surface area contributed by atoms with Crippen molar-refractivity contribution in [1.29, 1.82) is 5.26 Å². The van der Waals surface area contributed by atoms with Crippen molar-refractivity contribution in [3.05, 3.63) is 48.1 Å². The molecule has 0 aromatic rings. The predicted molar refractivity (Wildman–Crippen MR) is 178 cm³/mol. The zero-order valence-electron chi connectivity index (χ0n) is 27.8. The molecule has 3 aliphatic heterocycles. The number of allylic oxidation sites excluding steroid dienone is 3. The molecule has 3 aliphatic rings. The fourth-order valence-electron chi connectivity index (χ4n) is 5.90. The van der Waals surface area contributed by atoms with Crippen LogP contribution in [0.2, 0.25) is 0 Å². The van der Waals surface area contributed by atoms with Gasteiger partial charge in [0, 0.05) is 13.7 Å². The molecule has 41 heavy (non-hydrogen) atoms. The Morgan fingerprint density at radius 3 is 2.34 bits per heavy atom. The van der Waals surface area contributed by atoms with Crippen molar-refractivity contribution in [2.75, 3.05) is 52.2 Å². The molecule has 0 aliphatic carbocycles. The van der Waals surface area contributed by atoms with E-state index in [2.05, 4.69) is 95.2 Å². The molecule has 6 unspecified atom stereocenters. The molecule has 236 valence electrons. The second-order valence-electron chi connectivity index (χ2n) is 13.0. The molecule has 3 N–H and O–H groups in total. The summed E-state index contributed by atoms with van der Waals surface area (Å²) in [6, 6.07) is 0.587. The van der Waals surface area contributed by atoms with E-state index >= 15 is 0 Å². The van der Waals surface area contributed by atoms with Gasteiger partial charge in [-0.25, -0.2) is 0 Å². The van der Waals surface area contributed by atoms with Gasteiger partial charge in [-0.05, 0) is 19.5 Å². The van der Waals surface area contributed by atoms with E-state index < -0.39 is 12.9 Å². The Hall–Kier alpha value is -1.55. The Labute approximate surface area is 251 Å². The number of hydrogen-bond acceptors (Lipinski definition) is 6. The summed E-state index contributed by atoms with van der Waals surface area (Å²) < 4.78 is 21.7. The van der Waals surface area contributed by atoms with Crippen LogP contribution in [0.4, 0.5) is 4.39 Å². The summed E-state index contributed by atoms with van der Waals surface area (Å²) in [4.78, 5) is 0. The van der Waals surface area contributed by atoms with Crippen molar-refractivity contribution in [2.45, 2.75) is 92.5 Å². The first-order valence-electron chi connectivity index (χ1n) is 15.3. The third-order valence-corrected chi connectivity index (χ3v) is 15.9. The van der Waals surface area contributed by atoms with Crippen molar-refractivity contribution < 1.29 is 9.13 Å². The Bertz CT molecular complexity index is 970. The van der Waals surface area contributed by atoms with Gasteiger partial charge in [-0.1, -0.05) is 13.0 Å². The second-order valence-corrected chi connectivity index (χ2v) is 18.6. The minimum absolute atomic E-state index is 0.0913. The third kappa shape index (κ3) is 9.47. The molecule has 6 nitrogen and oxygen atoms in total. The Morgan fingerprint density at radius 1 is 1.22 bits per heavy atom. The van der Waals surface area contributed by atoms with E-state index in [1.165, 1.54) is 24.0 Å². The summed E-state index contributed by atoms with van der Waals surface area (Å²) in [5, 5.41) is 16.8. The van der Waals surface area contributed by atoms with Crippen LogP contribution in [0.15, 0.2) is 48.1 Å². The van der Waals surface area contributed by atoms with Gasteiger partial charge in [0.15, 0.2) is 6.19 Å². The normalized spacial score (nSPS) is 26.3. The fourth-order valence-corrected chi connectivity index (χ4v) is 14.3. The summed E-state index contributed by atoms with van der Waals surface area (Å²) in [6.07, 6.45) is 9.94. The van der Waals surface area contributed by atoms with E-state index in [0.717, 1.165) is 44.2 Å². The average molecular weight is 594 g/mol. The average Bonchev–Trinajstić information content (AvgIpc) is 3.88. The number of nitrogens with zero attached hydrogens (tertiary/aromatic N) is 2. The van der Waals surface area contributed by atoms with Crippen LogP contribution in [0, 0.1) is 22.8 Å². The van der Waals surface area contributed by atoms with Crippen molar-refractivity contribution in [3.8, 4) is 6.19 Å². The molecule has 3 saturated heterocycles. The molecule has 0 aromatic heterocycles. The number of ether oxygens (including phenoxy) is 1. The van der Waals surface area contributed by atoms with E-state index in [1.54, 1.807) is 30.5 Å². The van der Waals surface area contributed by atoms with Crippen molar-refractivity contribution in [3.63, 3.8) is 0 Å². The first-order valence-corrected chi connectivity index (χ1v) is 18.0. The summed E-state index contributed by atoms with van der Waals surface area (Å²) in [5.74, 6) is 1.54. The molecule has 0 saturated carbocycles. The van der Waals surface area contributed by atoms with Gasteiger partial charge in [-0.15, -0.1) is 6.58 Å². The monoisotopic (exact) mass is 593 g/mol. The number of nitrogens with one attached hydrogen (secondary N) is 3. The molecule has 3 rings (SSSR count). The van der Waals surface area contributed by atoms with Crippen LogP contribution in [0.1, 0.15) is 68.7 Å². The largest absolute Gasteiger partial charge is 0.377 e. The fraction of sp³-hybridized carbons (Fsp3) is 0.727. The van der Waals surface area contributed by atoms with Gasteiger partial charge in [0.05, 0.1) is 6.61 Å². The van der Waals surface area contributed by atoms with Gasteiger partial charge in [-0.3, -0.25) is 0 Å². The molecule has 0 aromatic carbocycles. The van der Waals surface area contributed by atoms with Crippen molar-refractivity contribution in [1.82, 2.24) is 20.6 Å². The smallest absolute Gasteiger partial charge is 0.176 e. The minimum Gasteiger partial charge on any atom is -0.377 e. The molecular weight excluding hydrogens is 532 g/mol. The maximum Gasteiger partial charge on any atom is 0.176 e. The summed E-state index contributed by atoms with van der Waals surface area (Å²) >= 11 is 0. The van der Waals surface area contributed by atoms with Crippen LogP contribution in [0.5, 0.6) is 0 Å². The zero-order chi connectivity index (χ0) is 31.5. The van der Waals surface area contributed by atoms with Gasteiger partial charge in [0.2, 0.25) is 0 Å². The summed E-state index contributed by atoms with van der Waals surface area (Å²) in [5.41, 5.74) is 4.61. The maximum atomic E-state index is 13.7. The molecule has 6 atom stereocenters. The SMILES string of the molecule is C=CC(F)C(C)/C=C(\C)CNC1CP123CC2N3C(C)/C(C)=C(\C)C(C)(C)C.C=CCOCCCNCC.CNC#N. The quantitative estimate of drug-likeness (QED) is 0.0485. The predicted octanol–water partition coefficient (Wildman–Crippen LogP) is 6.79. The number of rotatable bonds is 15. The molecule has 8 heteroatoms. The topological polar surface area (TPSA) is 72.1 Å². The standard InChI is InChI=1S/C23H40FN2P.C8H17NO.C2H4N2/c1-10-20(24)16(3)11-15(2)12-25-21-13-27(21)14-22(27)26(27)19(6)17(4)18(5)23(7,8)9;1-3-7-10-8-5-6-9-4-2;1-4-2-3/h10-11,16,19-22,25H,1,12-14H2,2-9H3;3,9H,1,4-8H2,2H3;4H,1H3/b15-11+,18-17+;;. The van der Waals surface area contributed by atoms with Gasteiger partial charge >= 0.3 is 166 Å². The van der Waals surface area contributed by atoms with E-state index in [9.17, 15) is 4.39 Å². The number of alkyl halides is 1. The van der Waals surface area contributed by atoms with Crippen LogP contribution in [-0.4, -0.2) is 80.7 Å². The Kier molecular flexibility index (Phi) is 14.9. The van der Waals surface area contributed by atoms with Crippen LogP contribution in [0.3, 0.4) is 0 Å². The molecule has 0 bridgehead atoms. The van der Waals surface area contributed by atoms with Gasteiger partial charge < -0.3 is 15.4 Å². The number of hydrogen-bond donors (Lipinski definition) is 3. The minimum atomic E-state index is -1.48. The first kappa shape index (κ1) is 37.5. The number of halogens is 1. The van der Waals surface area contributed by atoms with E-state index in [4.69, 9.17) is 10.00 Å². The van der Waals surface area contributed by atoms with E-state index in [-0.39, 0.29) is 11.3 Å². The molecule has 0 amide bonds. The van der Waals surface area contributed by atoms with Crippen LogP contribution in [-0.2, 0) is 4.74 Å². The molecule has 3 fully saturated rings. The second kappa shape index (κ2) is 16.3. The van der Waals surface area contributed by atoms with E-state index in [1.807, 2.05) is 6.92 Å². The van der Waals surface area contributed by atoms with Gasteiger partial charge in [-0.2, -0.15) is 5.26 Å². The van der Waals surface area contributed by atoms with Gasteiger partial charge in [0.25, 0.3) is 0 Å². The number of nitriles is 1. The molecule has 3 heterocycles. The summed E-state index contributed by atoms with van der Waals surface area (Å²) in [6.45, 7) is 30.3. The third-order valence-electron chi connectivity index (χ3n) is 9.11. The van der Waals surface area contributed by atoms with Crippen molar-refractivity contribution >= 4 is 6.75 Å². The maximum absolute atomic E-state index is 13.7. The van der Waals surface area contributed by atoms with Gasteiger partial charge in [0.1, 0.15) is 0 Å². The molecular formula is C33H61FN5OP.